The number of hydrogen-bond acceptors (Lipinski definition) is 0. The maximum Gasteiger partial charge on any atom is 4.00 e. The summed E-state index contributed by atoms with van der Waals surface area (Å²) in [6, 6.07) is 14.0. The van der Waals surface area contributed by atoms with Crippen molar-refractivity contribution in [2.45, 2.75) is 79.1 Å². The molecule has 0 bridgehead atoms. The van der Waals surface area contributed by atoms with Gasteiger partial charge in [0.05, 0.1) is 0 Å². The molecule has 1 aliphatic rings. The number of halogens is 2. The molecular weight excluding hydrogens is 522 g/mol. The van der Waals surface area contributed by atoms with Gasteiger partial charge in [-0.1, -0.05) is 77.6 Å². The van der Waals surface area contributed by atoms with Crippen molar-refractivity contribution in [3.63, 3.8) is 0 Å². The van der Waals surface area contributed by atoms with Crippen molar-refractivity contribution in [1.82, 2.24) is 0 Å². The summed E-state index contributed by atoms with van der Waals surface area (Å²) in [6.45, 7) is 14.1. The zero-order chi connectivity index (χ0) is 21.2. The van der Waals surface area contributed by atoms with Crippen LogP contribution in [0.2, 0.25) is 0 Å². The molecule has 0 aliphatic heterocycles. The van der Waals surface area contributed by atoms with Gasteiger partial charge in [0, 0.05) is 0 Å². The summed E-state index contributed by atoms with van der Waals surface area (Å²) in [5, 5.41) is 6.13. The Hall–Kier alpha value is -0.877. The van der Waals surface area contributed by atoms with Crippen LogP contribution >= 0.6 is 0 Å². The van der Waals surface area contributed by atoms with Gasteiger partial charge in [0.2, 0.25) is 0 Å². The number of hydrogen-bond donors (Lipinski definition) is 0. The first-order chi connectivity index (χ1) is 14.4. The quantitative estimate of drug-likeness (QED) is 0.332. The minimum absolute atomic E-state index is 0. The Bertz CT molecular complexity index is 1170. The van der Waals surface area contributed by atoms with Crippen molar-refractivity contribution in [3.8, 4) is 0 Å². The van der Waals surface area contributed by atoms with Crippen LogP contribution in [0.1, 0.15) is 84.0 Å². The molecule has 0 aromatic heterocycles. The van der Waals surface area contributed by atoms with E-state index in [9.17, 15) is 0 Å². The van der Waals surface area contributed by atoms with Gasteiger partial charge in [0.25, 0.3) is 0 Å². The average molecular weight is 557 g/mol. The van der Waals surface area contributed by atoms with Crippen molar-refractivity contribution in [2.75, 3.05) is 0 Å². The molecule has 172 valence electrons. The Kier molecular flexibility index (Phi) is 9.29. The van der Waals surface area contributed by atoms with E-state index in [0.29, 0.717) is 11.8 Å². The molecule has 4 aromatic rings. The second kappa shape index (κ2) is 10.8. The van der Waals surface area contributed by atoms with Crippen LogP contribution in [0.15, 0.2) is 36.4 Å². The SMILES string of the molecule is Cc1c2[c-](c3cccc(C(C)C)c13)CCc1c(C)c3c(C(C)C)cccc3[c-]1CC2.[Cl-].[Cl-].[Zr+4]. The van der Waals surface area contributed by atoms with Crippen LogP contribution in [-0.4, -0.2) is 0 Å². The molecule has 1 aliphatic carbocycles. The molecule has 0 spiro atoms. The smallest absolute Gasteiger partial charge is 1.00 e. The summed E-state index contributed by atoms with van der Waals surface area (Å²) in [4.78, 5) is 0. The zero-order valence-corrected chi connectivity index (χ0v) is 24.7. The second-order valence-corrected chi connectivity index (χ2v) is 10.0. The fourth-order valence-corrected chi connectivity index (χ4v) is 6.27. The Labute approximate surface area is 231 Å². The van der Waals surface area contributed by atoms with E-state index in [1.807, 2.05) is 0 Å². The van der Waals surface area contributed by atoms with Crippen LogP contribution in [0, 0.1) is 13.8 Å². The fourth-order valence-electron chi connectivity index (χ4n) is 6.27. The third-order valence-corrected chi connectivity index (χ3v) is 7.72. The molecule has 0 heterocycles. The van der Waals surface area contributed by atoms with E-state index < -0.39 is 0 Å². The molecule has 0 saturated carbocycles. The number of aryl methyl sites for hydroxylation is 4. The van der Waals surface area contributed by atoms with Gasteiger partial charge in [-0.3, -0.25) is 0 Å². The monoisotopic (exact) mass is 554 g/mol. The van der Waals surface area contributed by atoms with Crippen LogP contribution in [0.25, 0.3) is 21.5 Å². The van der Waals surface area contributed by atoms with E-state index in [4.69, 9.17) is 0 Å². The maximum atomic E-state index is 2.38. The third-order valence-electron chi connectivity index (χ3n) is 7.72. The van der Waals surface area contributed by atoms with Crippen LogP contribution in [0.4, 0.5) is 0 Å². The molecule has 0 radical (unpaired) electrons. The van der Waals surface area contributed by atoms with Crippen molar-refractivity contribution in [1.29, 1.82) is 0 Å². The summed E-state index contributed by atoms with van der Waals surface area (Å²) < 4.78 is 0. The molecule has 0 unspecified atom stereocenters. The Morgan fingerprint density at radius 2 is 1.00 bits per heavy atom. The van der Waals surface area contributed by atoms with E-state index in [0.717, 1.165) is 0 Å². The summed E-state index contributed by atoms with van der Waals surface area (Å²) in [6.07, 6.45) is 4.68. The van der Waals surface area contributed by atoms with Crippen molar-refractivity contribution < 1.29 is 51.0 Å². The van der Waals surface area contributed by atoms with E-state index >= 15 is 0 Å². The topological polar surface area (TPSA) is 0 Å². The molecule has 4 aromatic carbocycles. The predicted octanol–water partition coefficient (Wildman–Crippen LogP) is 2.18. The largest absolute Gasteiger partial charge is 4.00 e. The van der Waals surface area contributed by atoms with Crippen molar-refractivity contribution >= 4 is 21.5 Å². The van der Waals surface area contributed by atoms with E-state index in [1.54, 1.807) is 44.2 Å². The van der Waals surface area contributed by atoms with Gasteiger partial charge in [-0.25, -0.2) is 0 Å². The van der Waals surface area contributed by atoms with Gasteiger partial charge in [0.1, 0.15) is 0 Å². The molecule has 0 amide bonds. The van der Waals surface area contributed by atoms with Crippen molar-refractivity contribution in [3.05, 3.63) is 80.9 Å². The third kappa shape index (κ3) is 4.44. The molecule has 33 heavy (non-hydrogen) atoms. The summed E-state index contributed by atoms with van der Waals surface area (Å²) in [5.74, 6) is 1.14. The Balaban J connectivity index is 0.00000128. The normalized spacial score (nSPS) is 13.1. The molecule has 0 atom stereocenters. The fraction of sp³-hybridized carbons (Fsp3) is 0.400. The second-order valence-electron chi connectivity index (χ2n) is 10.0. The van der Waals surface area contributed by atoms with Gasteiger partial charge >= 0.3 is 26.2 Å². The molecule has 0 saturated heterocycles. The molecule has 0 nitrogen and oxygen atoms in total. The molecule has 0 fully saturated rings. The zero-order valence-electron chi connectivity index (χ0n) is 20.7. The van der Waals surface area contributed by atoms with E-state index in [-0.39, 0.29) is 51.0 Å². The van der Waals surface area contributed by atoms with Crippen LogP contribution in [-0.2, 0) is 51.9 Å². The molecule has 0 N–H and O–H groups in total. The van der Waals surface area contributed by atoms with E-state index in [2.05, 4.69) is 77.9 Å². The van der Waals surface area contributed by atoms with Crippen LogP contribution < -0.4 is 24.8 Å². The minimum Gasteiger partial charge on any atom is -1.00 e. The molecule has 5 rings (SSSR count). The molecule has 3 heteroatoms. The minimum atomic E-state index is 0. The summed E-state index contributed by atoms with van der Waals surface area (Å²) >= 11 is 0. The Morgan fingerprint density at radius 3 is 1.33 bits per heavy atom. The van der Waals surface area contributed by atoms with Gasteiger partial charge in [-0.15, -0.1) is 68.1 Å². The van der Waals surface area contributed by atoms with Crippen molar-refractivity contribution in [2.24, 2.45) is 0 Å². The van der Waals surface area contributed by atoms with Gasteiger partial charge < -0.3 is 24.8 Å². The first-order valence-electron chi connectivity index (χ1n) is 11.8. The number of benzene rings is 2. The van der Waals surface area contributed by atoms with E-state index in [1.165, 1.54) is 47.6 Å². The average Bonchev–Trinajstić information content (AvgIpc) is 3.12. The summed E-state index contributed by atoms with van der Waals surface area (Å²) in [7, 11) is 0. The summed E-state index contributed by atoms with van der Waals surface area (Å²) in [5.41, 5.74) is 12.7. The standard InChI is InChI=1S/C30H34.2ClH.Zr/c1-17(2)21-9-7-11-27-25-15-14-24-20(6)30-22(18(3)4)10-8-12-28(30)26(24)16-13-23(25)19(5)29(21)27;;;/h7-12,17-18H,13-16H2,1-6H3;2*1H;/q-2;;;+4/p-2. The van der Waals surface area contributed by atoms with Crippen LogP contribution in [0.5, 0.6) is 0 Å². The van der Waals surface area contributed by atoms with Gasteiger partial charge in [-0.2, -0.15) is 11.1 Å². The first kappa shape index (κ1) is 28.4. The van der Waals surface area contributed by atoms with Crippen LogP contribution in [0.3, 0.4) is 0 Å². The predicted molar refractivity (Wildman–Crippen MR) is 132 cm³/mol. The maximum absolute atomic E-state index is 2.38. The molecular formula is C30H34Cl2Zr. The Morgan fingerprint density at radius 1 is 0.636 bits per heavy atom. The van der Waals surface area contributed by atoms with Gasteiger partial charge in [-0.05, 0) is 24.7 Å². The first-order valence-corrected chi connectivity index (χ1v) is 11.8. The number of rotatable bonds is 2. The number of fused-ring (bicyclic) bond motifs is 6. The van der Waals surface area contributed by atoms with Gasteiger partial charge in [0.15, 0.2) is 0 Å².